The van der Waals surface area contributed by atoms with Crippen LogP contribution in [0.15, 0.2) is 79.0 Å². The van der Waals surface area contributed by atoms with Gasteiger partial charge in [0, 0.05) is 32.0 Å². The Hall–Kier alpha value is -3.84. The van der Waals surface area contributed by atoms with Crippen molar-refractivity contribution in [2.45, 2.75) is 32.4 Å². The molecule has 7 heteroatoms. The number of fused-ring (bicyclic) bond motifs is 3. The summed E-state index contributed by atoms with van der Waals surface area (Å²) in [6.07, 6.45) is 3.61. The van der Waals surface area contributed by atoms with Crippen LogP contribution < -0.4 is 5.32 Å². The first-order valence-corrected chi connectivity index (χ1v) is 12.1. The zero-order chi connectivity index (χ0) is 24.2. The average Bonchev–Trinajstić information content (AvgIpc) is 3.48. The molecule has 0 bridgehead atoms. The summed E-state index contributed by atoms with van der Waals surface area (Å²) in [6.45, 7) is 3.74. The molecular weight excluding hydrogens is 438 g/mol. The van der Waals surface area contributed by atoms with Crippen LogP contribution in [0.25, 0.3) is 11.5 Å². The molecule has 1 atom stereocenters. The minimum Gasteiger partial charge on any atom is -0.385 e. The smallest absolute Gasteiger partial charge is 0.318 e. The van der Waals surface area contributed by atoms with Gasteiger partial charge in [0.2, 0.25) is 0 Å². The van der Waals surface area contributed by atoms with E-state index in [4.69, 9.17) is 9.84 Å². The number of carbonyl (C=O) groups excluding carboxylic acids is 1. The van der Waals surface area contributed by atoms with Crippen molar-refractivity contribution in [2.24, 2.45) is 0 Å². The van der Waals surface area contributed by atoms with E-state index >= 15 is 0 Å². The summed E-state index contributed by atoms with van der Waals surface area (Å²) < 4.78 is 9.37. The maximum absolute atomic E-state index is 13.7. The number of hydrogen-bond donors (Lipinski definition) is 1. The molecule has 1 aliphatic heterocycles. The Morgan fingerprint density at radius 2 is 1.80 bits per heavy atom. The first-order valence-electron chi connectivity index (χ1n) is 12.1. The van der Waals surface area contributed by atoms with Gasteiger partial charge in [0.15, 0.2) is 0 Å². The molecule has 0 unspecified atom stereocenters. The van der Waals surface area contributed by atoms with Crippen molar-refractivity contribution in [3.63, 3.8) is 0 Å². The van der Waals surface area contributed by atoms with E-state index in [1.165, 1.54) is 0 Å². The van der Waals surface area contributed by atoms with Gasteiger partial charge in [-0.1, -0.05) is 55.5 Å². The Balaban J connectivity index is 1.67. The molecule has 1 N–H and O–H groups in total. The highest BCUT2D eigenvalue weighted by molar-refractivity contribution is 5.76. The number of rotatable bonds is 7. The monoisotopic (exact) mass is 469 g/mol. The van der Waals surface area contributed by atoms with Crippen LogP contribution >= 0.6 is 0 Å². The summed E-state index contributed by atoms with van der Waals surface area (Å²) in [5.74, 6) is 0.990. The van der Waals surface area contributed by atoms with Crippen LogP contribution in [-0.4, -0.2) is 45.5 Å². The zero-order valence-corrected chi connectivity index (χ0v) is 20.2. The van der Waals surface area contributed by atoms with Crippen LogP contribution in [0.3, 0.4) is 0 Å². The second-order valence-electron chi connectivity index (χ2n) is 8.67. The summed E-state index contributed by atoms with van der Waals surface area (Å²) in [7, 11) is 1.68. The predicted molar refractivity (Wildman–Crippen MR) is 136 cm³/mol. The second-order valence-corrected chi connectivity index (χ2v) is 8.67. The van der Waals surface area contributed by atoms with Crippen molar-refractivity contribution in [1.82, 2.24) is 24.6 Å². The number of methoxy groups -OCH3 is 1. The van der Waals surface area contributed by atoms with Gasteiger partial charge in [-0.15, -0.1) is 0 Å². The fraction of sp³-hybridized carbons (Fsp3) is 0.286. The van der Waals surface area contributed by atoms with E-state index in [2.05, 4.69) is 53.3 Å². The highest BCUT2D eigenvalue weighted by Gasteiger charge is 2.36. The van der Waals surface area contributed by atoms with Crippen molar-refractivity contribution in [3.8, 4) is 11.5 Å². The van der Waals surface area contributed by atoms with Crippen LogP contribution in [0.1, 0.15) is 41.9 Å². The van der Waals surface area contributed by atoms with Crippen LogP contribution in [0.5, 0.6) is 0 Å². The molecule has 0 saturated carbocycles. The highest BCUT2D eigenvalue weighted by Crippen LogP contribution is 2.38. The number of ether oxygens (including phenoxy) is 1. The van der Waals surface area contributed by atoms with Crippen molar-refractivity contribution < 1.29 is 9.53 Å². The normalized spacial score (nSPS) is 14.8. The number of benzene rings is 2. The maximum Gasteiger partial charge on any atom is 0.318 e. The number of para-hydroxylation sites is 1. The summed E-state index contributed by atoms with van der Waals surface area (Å²) in [5, 5.41) is 8.11. The molecule has 7 nitrogen and oxygen atoms in total. The van der Waals surface area contributed by atoms with Gasteiger partial charge < -0.3 is 19.5 Å². The Morgan fingerprint density at radius 3 is 2.51 bits per heavy atom. The molecule has 2 aromatic carbocycles. The number of hydrogen-bond acceptors (Lipinski definition) is 3. The van der Waals surface area contributed by atoms with Crippen LogP contribution in [0.2, 0.25) is 0 Å². The third-order valence-corrected chi connectivity index (χ3v) is 6.48. The molecule has 2 aromatic heterocycles. The van der Waals surface area contributed by atoms with E-state index in [1.807, 2.05) is 52.0 Å². The number of aryl methyl sites for hydroxylation is 1. The third-order valence-electron chi connectivity index (χ3n) is 6.48. The molecule has 0 saturated heterocycles. The lowest BCUT2D eigenvalue weighted by Gasteiger charge is -2.31. The summed E-state index contributed by atoms with van der Waals surface area (Å²) in [5.41, 5.74) is 5.16. The molecule has 5 rings (SSSR count). The number of nitrogens with zero attached hydrogens (tertiary/aromatic N) is 4. The average molecular weight is 470 g/mol. The summed E-state index contributed by atoms with van der Waals surface area (Å²) in [6, 6.07) is 24.2. The molecule has 0 radical (unpaired) electrons. The first kappa shape index (κ1) is 22.9. The maximum atomic E-state index is 13.7. The minimum absolute atomic E-state index is 0.0925. The number of nitrogens with one attached hydrogen (secondary N) is 1. The molecule has 3 heterocycles. The number of aromatic nitrogens is 3. The van der Waals surface area contributed by atoms with Gasteiger partial charge in [-0.3, -0.25) is 0 Å². The molecule has 180 valence electrons. The minimum atomic E-state index is -0.241. The topological polar surface area (TPSA) is 64.3 Å². The van der Waals surface area contributed by atoms with Gasteiger partial charge >= 0.3 is 6.03 Å². The third kappa shape index (κ3) is 4.35. The van der Waals surface area contributed by atoms with Crippen LogP contribution in [-0.2, 0) is 17.7 Å². The van der Waals surface area contributed by atoms with E-state index in [-0.39, 0.29) is 12.1 Å². The van der Waals surface area contributed by atoms with E-state index in [0.717, 1.165) is 46.9 Å². The van der Waals surface area contributed by atoms with E-state index < -0.39 is 0 Å². The molecule has 0 fully saturated rings. The predicted octanol–water partition coefficient (Wildman–Crippen LogP) is 4.88. The molecule has 0 spiro atoms. The first-order chi connectivity index (χ1) is 17.2. The molecular formula is C28H31N5O2. The van der Waals surface area contributed by atoms with Gasteiger partial charge in [0.25, 0.3) is 0 Å². The van der Waals surface area contributed by atoms with Crippen LogP contribution in [0.4, 0.5) is 4.79 Å². The molecule has 0 aliphatic carbocycles. The van der Waals surface area contributed by atoms with Gasteiger partial charge in [-0.05, 0) is 42.7 Å². The SMILES string of the molecule is CCc1nn(-c2ccccc2)c2c1CN(C(=O)NCCCOC)[C@@H](c1ccccc1)c1cccn1-2. The largest absolute Gasteiger partial charge is 0.385 e. The molecule has 1 aliphatic rings. The molecule has 4 aromatic rings. The lowest BCUT2D eigenvalue weighted by atomic mass is 10.0. The van der Waals surface area contributed by atoms with E-state index in [1.54, 1.807) is 7.11 Å². The Bertz CT molecular complexity index is 1280. The fourth-order valence-electron chi connectivity index (χ4n) is 4.85. The van der Waals surface area contributed by atoms with Crippen LogP contribution in [0, 0.1) is 0 Å². The van der Waals surface area contributed by atoms with Gasteiger partial charge in [0.1, 0.15) is 5.82 Å². The second kappa shape index (κ2) is 10.2. The quantitative estimate of drug-likeness (QED) is 0.393. The van der Waals surface area contributed by atoms with Crippen molar-refractivity contribution in [1.29, 1.82) is 0 Å². The van der Waals surface area contributed by atoms with Gasteiger partial charge in [0.05, 0.1) is 29.7 Å². The Morgan fingerprint density at radius 1 is 1.06 bits per heavy atom. The molecule has 2 amide bonds. The number of amides is 2. The number of carbonyl (C=O) groups is 1. The zero-order valence-electron chi connectivity index (χ0n) is 20.2. The summed E-state index contributed by atoms with van der Waals surface area (Å²) >= 11 is 0. The van der Waals surface area contributed by atoms with E-state index in [9.17, 15) is 4.79 Å². The lowest BCUT2D eigenvalue weighted by molar-refractivity contribution is 0.174. The van der Waals surface area contributed by atoms with Gasteiger partial charge in [-0.2, -0.15) is 5.10 Å². The number of urea groups is 1. The summed E-state index contributed by atoms with van der Waals surface area (Å²) in [4.78, 5) is 15.6. The Kier molecular flexibility index (Phi) is 6.68. The van der Waals surface area contributed by atoms with Crippen molar-refractivity contribution in [2.75, 3.05) is 20.3 Å². The fourth-order valence-corrected chi connectivity index (χ4v) is 4.85. The van der Waals surface area contributed by atoms with E-state index in [0.29, 0.717) is 19.7 Å². The van der Waals surface area contributed by atoms with Gasteiger partial charge in [-0.25, -0.2) is 9.48 Å². The standard InChI is InChI=1S/C28H31N5O2/c1-3-24-23-20-32(28(34)29-17-11-19-35-2)26(21-12-6-4-7-13-21)25-16-10-18-31(25)27(23)33(30-24)22-14-8-5-9-15-22/h4-10,12-16,18,26H,3,11,17,19-20H2,1-2H3,(H,29,34)/t26-/m0/s1. The van der Waals surface area contributed by atoms with Crippen molar-refractivity contribution >= 4 is 6.03 Å². The van der Waals surface area contributed by atoms with Crippen molar-refractivity contribution in [3.05, 3.63) is 102 Å². The Labute approximate surface area is 205 Å². The highest BCUT2D eigenvalue weighted by atomic mass is 16.5. The molecule has 35 heavy (non-hydrogen) atoms. The lowest BCUT2D eigenvalue weighted by Crippen LogP contribution is -2.42.